The molecule has 0 unspecified atom stereocenters. The molecule has 6 heteroatoms. The van der Waals surface area contributed by atoms with Crippen molar-refractivity contribution in [1.29, 1.82) is 0 Å². The molecule has 0 spiro atoms. The standard InChI is InChI=1S/C17H16ClFN4/c1-3-10-6-13(22-16(21-10)17(19)4-5-17)12-9-23(2)14-8-20-15(18)7-11(12)14/h6-9H,3-5H2,1-2H3. The van der Waals surface area contributed by atoms with Gasteiger partial charge in [-0.2, -0.15) is 0 Å². The first-order valence-corrected chi connectivity index (χ1v) is 8.06. The van der Waals surface area contributed by atoms with E-state index < -0.39 is 5.67 Å². The molecule has 3 aromatic heterocycles. The largest absolute Gasteiger partial charge is 0.349 e. The van der Waals surface area contributed by atoms with Crippen LogP contribution in [0.4, 0.5) is 4.39 Å². The van der Waals surface area contributed by atoms with Crippen molar-refractivity contribution in [2.45, 2.75) is 31.9 Å². The summed E-state index contributed by atoms with van der Waals surface area (Å²) in [5.41, 5.74) is 2.14. The molecule has 118 valence electrons. The Bertz CT molecular complexity index is 914. The third kappa shape index (κ3) is 2.39. The summed E-state index contributed by atoms with van der Waals surface area (Å²) in [6.45, 7) is 2.01. The highest BCUT2D eigenvalue weighted by atomic mass is 35.5. The Morgan fingerprint density at radius 2 is 2.09 bits per heavy atom. The van der Waals surface area contributed by atoms with Crippen molar-refractivity contribution in [1.82, 2.24) is 19.5 Å². The number of hydrogen-bond donors (Lipinski definition) is 0. The second-order valence-electron chi connectivity index (χ2n) is 6.06. The van der Waals surface area contributed by atoms with Gasteiger partial charge in [-0.1, -0.05) is 18.5 Å². The molecule has 0 N–H and O–H groups in total. The van der Waals surface area contributed by atoms with E-state index in [0.717, 1.165) is 34.3 Å². The van der Waals surface area contributed by atoms with Crippen molar-refractivity contribution in [3.8, 4) is 11.3 Å². The minimum Gasteiger partial charge on any atom is -0.349 e. The number of aromatic nitrogens is 4. The Labute approximate surface area is 138 Å². The minimum atomic E-state index is -1.34. The van der Waals surface area contributed by atoms with Gasteiger partial charge in [0.1, 0.15) is 5.15 Å². The van der Waals surface area contributed by atoms with Gasteiger partial charge in [0.15, 0.2) is 11.5 Å². The first-order valence-electron chi connectivity index (χ1n) is 7.68. The molecule has 1 fully saturated rings. The van der Waals surface area contributed by atoms with E-state index in [0.29, 0.717) is 23.8 Å². The maximum Gasteiger partial charge on any atom is 0.170 e. The third-order valence-corrected chi connectivity index (χ3v) is 4.56. The molecule has 0 saturated heterocycles. The van der Waals surface area contributed by atoms with Gasteiger partial charge in [-0.25, -0.2) is 19.3 Å². The SMILES string of the molecule is CCc1cc(-c2cn(C)c3cnc(Cl)cc23)nc(C2(F)CC2)n1. The summed E-state index contributed by atoms with van der Waals surface area (Å²) in [7, 11) is 1.95. The number of aryl methyl sites for hydroxylation is 2. The zero-order chi connectivity index (χ0) is 16.2. The molecular formula is C17H16ClFN4. The van der Waals surface area contributed by atoms with Crippen molar-refractivity contribution in [2.24, 2.45) is 7.05 Å². The zero-order valence-corrected chi connectivity index (χ0v) is 13.7. The van der Waals surface area contributed by atoms with Crippen molar-refractivity contribution >= 4 is 22.5 Å². The second kappa shape index (κ2) is 4.99. The summed E-state index contributed by atoms with van der Waals surface area (Å²) >= 11 is 6.05. The quantitative estimate of drug-likeness (QED) is 0.676. The maximum absolute atomic E-state index is 14.5. The zero-order valence-electron chi connectivity index (χ0n) is 13.0. The Balaban J connectivity index is 1.95. The van der Waals surface area contributed by atoms with Crippen LogP contribution in [-0.4, -0.2) is 19.5 Å². The Hall–Kier alpha value is -2.01. The number of nitrogens with zero attached hydrogens (tertiary/aromatic N) is 4. The van der Waals surface area contributed by atoms with E-state index >= 15 is 0 Å². The molecule has 4 nitrogen and oxygen atoms in total. The monoisotopic (exact) mass is 330 g/mol. The average molecular weight is 331 g/mol. The third-order valence-electron chi connectivity index (χ3n) is 4.35. The first kappa shape index (κ1) is 14.6. The van der Waals surface area contributed by atoms with Crippen molar-refractivity contribution in [3.05, 3.63) is 41.2 Å². The normalized spacial score (nSPS) is 16.0. The fraction of sp³-hybridized carbons (Fsp3) is 0.353. The highest BCUT2D eigenvalue weighted by Gasteiger charge is 2.48. The van der Waals surface area contributed by atoms with Gasteiger partial charge in [0.05, 0.1) is 17.4 Å². The van der Waals surface area contributed by atoms with E-state index in [1.54, 1.807) is 6.20 Å². The molecule has 0 bridgehead atoms. The van der Waals surface area contributed by atoms with Crippen molar-refractivity contribution in [2.75, 3.05) is 0 Å². The van der Waals surface area contributed by atoms with Gasteiger partial charge < -0.3 is 4.57 Å². The predicted octanol–water partition coefficient (Wildman–Crippen LogP) is 4.20. The van der Waals surface area contributed by atoms with Gasteiger partial charge in [-0.15, -0.1) is 0 Å². The molecule has 0 atom stereocenters. The summed E-state index contributed by atoms with van der Waals surface area (Å²) in [6, 6.07) is 3.75. The summed E-state index contributed by atoms with van der Waals surface area (Å²) in [4.78, 5) is 13.0. The highest BCUT2D eigenvalue weighted by Crippen LogP contribution is 2.48. The van der Waals surface area contributed by atoms with Crippen LogP contribution in [0.25, 0.3) is 22.2 Å². The fourth-order valence-corrected chi connectivity index (χ4v) is 2.96. The molecule has 3 heterocycles. The van der Waals surface area contributed by atoms with Crippen LogP contribution < -0.4 is 0 Å². The number of pyridine rings is 1. The maximum atomic E-state index is 14.5. The van der Waals surface area contributed by atoms with Gasteiger partial charge in [0, 0.05) is 29.9 Å². The highest BCUT2D eigenvalue weighted by molar-refractivity contribution is 6.30. The van der Waals surface area contributed by atoms with Crippen LogP contribution in [0.2, 0.25) is 5.15 Å². The van der Waals surface area contributed by atoms with E-state index in [4.69, 9.17) is 11.6 Å². The molecule has 23 heavy (non-hydrogen) atoms. The van der Waals surface area contributed by atoms with Gasteiger partial charge in [-0.05, 0) is 31.4 Å². The van der Waals surface area contributed by atoms with Crippen LogP contribution in [0.3, 0.4) is 0 Å². The molecule has 1 aliphatic rings. The van der Waals surface area contributed by atoms with Crippen LogP contribution in [0.1, 0.15) is 31.3 Å². The predicted molar refractivity (Wildman–Crippen MR) is 88.1 cm³/mol. The lowest BCUT2D eigenvalue weighted by molar-refractivity contribution is 0.300. The fourth-order valence-electron chi connectivity index (χ4n) is 2.81. The van der Waals surface area contributed by atoms with Gasteiger partial charge >= 0.3 is 0 Å². The summed E-state index contributed by atoms with van der Waals surface area (Å²) in [5.74, 6) is 0.309. The molecular weight excluding hydrogens is 315 g/mol. The van der Waals surface area contributed by atoms with Crippen molar-refractivity contribution in [3.63, 3.8) is 0 Å². The first-order chi connectivity index (χ1) is 11.0. The lowest BCUT2D eigenvalue weighted by atomic mass is 10.1. The smallest absolute Gasteiger partial charge is 0.170 e. The van der Waals surface area contributed by atoms with E-state index in [1.165, 1.54) is 0 Å². The average Bonchev–Trinajstić information content (AvgIpc) is 3.22. The molecule has 0 radical (unpaired) electrons. The van der Waals surface area contributed by atoms with Crippen LogP contribution in [0, 0.1) is 0 Å². The number of hydrogen-bond acceptors (Lipinski definition) is 3. The molecule has 0 amide bonds. The number of rotatable bonds is 3. The van der Waals surface area contributed by atoms with E-state index in [9.17, 15) is 4.39 Å². The van der Waals surface area contributed by atoms with Gasteiger partial charge in [0.2, 0.25) is 0 Å². The second-order valence-corrected chi connectivity index (χ2v) is 6.45. The minimum absolute atomic E-state index is 0.309. The van der Waals surface area contributed by atoms with Crippen LogP contribution >= 0.6 is 11.6 Å². The Morgan fingerprint density at radius 3 is 2.78 bits per heavy atom. The van der Waals surface area contributed by atoms with E-state index in [2.05, 4.69) is 15.0 Å². The number of fused-ring (bicyclic) bond motifs is 1. The Kier molecular flexibility index (Phi) is 3.17. The summed E-state index contributed by atoms with van der Waals surface area (Å²) in [6.07, 6.45) is 5.47. The summed E-state index contributed by atoms with van der Waals surface area (Å²) in [5, 5.41) is 1.39. The van der Waals surface area contributed by atoms with Crippen LogP contribution in [0.15, 0.2) is 24.5 Å². The molecule has 1 saturated carbocycles. The van der Waals surface area contributed by atoms with Crippen LogP contribution in [-0.2, 0) is 19.1 Å². The van der Waals surface area contributed by atoms with Crippen LogP contribution in [0.5, 0.6) is 0 Å². The van der Waals surface area contributed by atoms with Gasteiger partial charge in [0.25, 0.3) is 0 Å². The molecule has 0 aromatic carbocycles. The topological polar surface area (TPSA) is 43.6 Å². The van der Waals surface area contributed by atoms with E-state index in [1.807, 2.05) is 36.9 Å². The number of halogens is 2. The molecule has 3 aromatic rings. The summed E-state index contributed by atoms with van der Waals surface area (Å²) < 4.78 is 16.4. The van der Waals surface area contributed by atoms with E-state index in [-0.39, 0.29) is 0 Å². The molecule has 1 aliphatic carbocycles. The van der Waals surface area contributed by atoms with Crippen molar-refractivity contribution < 1.29 is 4.39 Å². The lowest BCUT2D eigenvalue weighted by Gasteiger charge is -2.09. The molecule has 0 aliphatic heterocycles. The van der Waals surface area contributed by atoms with Gasteiger partial charge in [-0.3, -0.25) is 0 Å². The lowest BCUT2D eigenvalue weighted by Crippen LogP contribution is -2.08. The Morgan fingerprint density at radius 1 is 1.30 bits per heavy atom. The number of alkyl halides is 1. The molecule has 4 rings (SSSR count).